The molecule has 21 heavy (non-hydrogen) atoms. The van der Waals surface area contributed by atoms with E-state index in [1.807, 2.05) is 30.3 Å². The third-order valence-electron chi connectivity index (χ3n) is 3.47. The SMILES string of the molecule is O=C1C(=O)c2cc(Br)ccc2C(O)=C1Cc1ccccc1. The van der Waals surface area contributed by atoms with E-state index in [1.165, 1.54) is 0 Å². The Balaban J connectivity index is 2.11. The first-order valence-corrected chi connectivity index (χ1v) is 7.22. The first-order chi connectivity index (χ1) is 10.1. The van der Waals surface area contributed by atoms with E-state index < -0.39 is 11.6 Å². The van der Waals surface area contributed by atoms with Gasteiger partial charge < -0.3 is 5.11 Å². The summed E-state index contributed by atoms with van der Waals surface area (Å²) < 4.78 is 0.696. The average molecular weight is 343 g/mol. The van der Waals surface area contributed by atoms with E-state index in [1.54, 1.807) is 18.2 Å². The largest absolute Gasteiger partial charge is 0.507 e. The van der Waals surface area contributed by atoms with Gasteiger partial charge in [0.1, 0.15) is 5.76 Å². The van der Waals surface area contributed by atoms with E-state index in [9.17, 15) is 14.7 Å². The monoisotopic (exact) mass is 342 g/mol. The standard InChI is InChI=1S/C17H11BrO3/c18-11-6-7-12-13(9-11)16(20)17(21)14(15(12)19)8-10-4-2-1-3-5-10/h1-7,9,19H,8H2. The number of hydrogen-bond acceptors (Lipinski definition) is 3. The van der Waals surface area contributed by atoms with Crippen LogP contribution in [0.5, 0.6) is 0 Å². The molecule has 0 amide bonds. The van der Waals surface area contributed by atoms with Crippen LogP contribution in [0.2, 0.25) is 0 Å². The maximum Gasteiger partial charge on any atom is 0.234 e. The van der Waals surface area contributed by atoms with Crippen LogP contribution in [0, 0.1) is 0 Å². The molecule has 0 aromatic heterocycles. The van der Waals surface area contributed by atoms with Gasteiger partial charge in [0, 0.05) is 22.0 Å². The van der Waals surface area contributed by atoms with Crippen molar-refractivity contribution in [2.75, 3.05) is 0 Å². The van der Waals surface area contributed by atoms with Crippen LogP contribution >= 0.6 is 15.9 Å². The predicted octanol–water partition coefficient (Wildman–Crippen LogP) is 3.73. The molecule has 0 saturated heterocycles. The molecule has 0 unspecified atom stereocenters. The maximum atomic E-state index is 12.2. The van der Waals surface area contributed by atoms with E-state index in [4.69, 9.17) is 0 Å². The second-order valence-corrected chi connectivity index (χ2v) is 5.75. The lowest BCUT2D eigenvalue weighted by molar-refractivity contribution is -0.112. The van der Waals surface area contributed by atoms with Gasteiger partial charge in [0.2, 0.25) is 11.6 Å². The second kappa shape index (κ2) is 5.30. The topological polar surface area (TPSA) is 54.4 Å². The predicted molar refractivity (Wildman–Crippen MR) is 83.2 cm³/mol. The smallest absolute Gasteiger partial charge is 0.234 e. The van der Waals surface area contributed by atoms with Crippen LogP contribution in [-0.4, -0.2) is 16.7 Å². The lowest BCUT2D eigenvalue weighted by Crippen LogP contribution is -2.25. The Hall–Kier alpha value is -2.20. The molecule has 1 aliphatic rings. The van der Waals surface area contributed by atoms with Crippen molar-refractivity contribution in [3.8, 4) is 0 Å². The summed E-state index contributed by atoms with van der Waals surface area (Å²) >= 11 is 3.27. The average Bonchev–Trinajstić information content (AvgIpc) is 2.50. The van der Waals surface area contributed by atoms with Crippen molar-refractivity contribution in [3.63, 3.8) is 0 Å². The molecule has 2 aromatic rings. The number of aliphatic hydroxyl groups is 1. The summed E-state index contributed by atoms with van der Waals surface area (Å²) in [5.74, 6) is -1.32. The Morgan fingerprint density at radius 1 is 0.905 bits per heavy atom. The van der Waals surface area contributed by atoms with Gasteiger partial charge in [-0.25, -0.2) is 0 Å². The quantitative estimate of drug-likeness (QED) is 0.846. The van der Waals surface area contributed by atoms with Crippen molar-refractivity contribution in [1.29, 1.82) is 0 Å². The highest BCUT2D eigenvalue weighted by molar-refractivity contribution is 9.10. The molecule has 0 aliphatic heterocycles. The fraction of sp³-hybridized carbons (Fsp3) is 0.0588. The van der Waals surface area contributed by atoms with E-state index in [2.05, 4.69) is 15.9 Å². The van der Waals surface area contributed by atoms with Crippen molar-refractivity contribution in [3.05, 3.63) is 75.3 Å². The molecule has 0 atom stereocenters. The van der Waals surface area contributed by atoms with Gasteiger partial charge in [0.25, 0.3) is 0 Å². The van der Waals surface area contributed by atoms with Crippen LogP contribution in [0.4, 0.5) is 0 Å². The molecule has 0 saturated carbocycles. The van der Waals surface area contributed by atoms with Gasteiger partial charge >= 0.3 is 0 Å². The van der Waals surface area contributed by atoms with Crippen molar-refractivity contribution in [1.82, 2.24) is 0 Å². The molecule has 0 heterocycles. The number of fused-ring (bicyclic) bond motifs is 1. The molecule has 1 aliphatic carbocycles. The first-order valence-electron chi connectivity index (χ1n) is 6.43. The maximum absolute atomic E-state index is 12.2. The van der Waals surface area contributed by atoms with Gasteiger partial charge in [0.05, 0.1) is 5.57 Å². The second-order valence-electron chi connectivity index (χ2n) is 4.84. The zero-order valence-electron chi connectivity index (χ0n) is 11.0. The summed E-state index contributed by atoms with van der Waals surface area (Å²) in [5.41, 5.74) is 1.68. The summed E-state index contributed by atoms with van der Waals surface area (Å²) in [4.78, 5) is 24.4. The van der Waals surface area contributed by atoms with Crippen LogP contribution in [0.3, 0.4) is 0 Å². The van der Waals surface area contributed by atoms with Gasteiger partial charge in [-0.15, -0.1) is 0 Å². The highest BCUT2D eigenvalue weighted by atomic mass is 79.9. The van der Waals surface area contributed by atoms with Crippen molar-refractivity contribution >= 4 is 33.3 Å². The fourth-order valence-electron chi connectivity index (χ4n) is 2.40. The molecule has 3 nitrogen and oxygen atoms in total. The summed E-state index contributed by atoms with van der Waals surface area (Å²) in [6, 6.07) is 14.2. The third kappa shape index (κ3) is 2.43. The number of carbonyl (C=O) groups excluding carboxylic acids is 2. The molecule has 3 rings (SSSR count). The molecule has 0 spiro atoms. The van der Waals surface area contributed by atoms with Gasteiger partial charge in [-0.2, -0.15) is 0 Å². The van der Waals surface area contributed by atoms with Crippen LogP contribution in [-0.2, 0) is 11.2 Å². The zero-order valence-corrected chi connectivity index (χ0v) is 12.6. The molecule has 0 bridgehead atoms. The molecular weight excluding hydrogens is 332 g/mol. The molecule has 0 fully saturated rings. The van der Waals surface area contributed by atoms with Crippen LogP contribution in [0.15, 0.2) is 58.6 Å². The Labute approximate surface area is 130 Å². The summed E-state index contributed by atoms with van der Waals surface area (Å²) in [6.45, 7) is 0. The van der Waals surface area contributed by atoms with Gasteiger partial charge in [0.15, 0.2) is 0 Å². The number of ketones is 2. The first kappa shape index (κ1) is 13.8. The van der Waals surface area contributed by atoms with Crippen molar-refractivity contribution in [2.45, 2.75) is 6.42 Å². The van der Waals surface area contributed by atoms with Crippen LogP contribution < -0.4 is 0 Å². The number of halogens is 1. The number of rotatable bonds is 2. The molecule has 4 heteroatoms. The van der Waals surface area contributed by atoms with Gasteiger partial charge in [-0.3, -0.25) is 9.59 Å². The number of benzene rings is 2. The lowest BCUT2D eigenvalue weighted by Gasteiger charge is -2.18. The molecular formula is C17H11BrO3. The summed E-state index contributed by atoms with van der Waals surface area (Å²) in [7, 11) is 0. The molecule has 0 radical (unpaired) electrons. The Kier molecular flexibility index (Phi) is 3.47. The zero-order chi connectivity index (χ0) is 15.0. The number of aliphatic hydroxyl groups excluding tert-OH is 1. The Bertz CT molecular complexity index is 776. The number of Topliss-reactive ketones (excluding diaryl/α,β-unsaturated/α-hetero) is 2. The van der Waals surface area contributed by atoms with E-state index in [0.29, 0.717) is 10.0 Å². The van der Waals surface area contributed by atoms with E-state index >= 15 is 0 Å². The molecule has 2 aromatic carbocycles. The molecule has 104 valence electrons. The van der Waals surface area contributed by atoms with Crippen molar-refractivity contribution in [2.24, 2.45) is 0 Å². The van der Waals surface area contributed by atoms with E-state index in [0.717, 1.165) is 5.56 Å². The van der Waals surface area contributed by atoms with E-state index in [-0.39, 0.29) is 23.3 Å². The lowest BCUT2D eigenvalue weighted by atomic mass is 9.86. The number of allylic oxidation sites excluding steroid dienone is 1. The minimum atomic E-state index is -0.637. The van der Waals surface area contributed by atoms with Crippen LogP contribution in [0.25, 0.3) is 5.76 Å². The van der Waals surface area contributed by atoms with Crippen LogP contribution in [0.1, 0.15) is 21.5 Å². The normalized spacial score (nSPS) is 14.3. The minimum Gasteiger partial charge on any atom is -0.507 e. The number of hydrogen-bond donors (Lipinski definition) is 1. The minimum absolute atomic E-state index is 0.106. The highest BCUT2D eigenvalue weighted by Crippen LogP contribution is 2.31. The van der Waals surface area contributed by atoms with Crippen molar-refractivity contribution < 1.29 is 14.7 Å². The third-order valence-corrected chi connectivity index (χ3v) is 3.96. The fourth-order valence-corrected chi connectivity index (χ4v) is 2.77. The Morgan fingerprint density at radius 2 is 1.62 bits per heavy atom. The summed E-state index contributed by atoms with van der Waals surface area (Å²) in [5, 5.41) is 10.4. The van der Waals surface area contributed by atoms with Gasteiger partial charge in [-0.1, -0.05) is 46.3 Å². The molecule has 1 N–H and O–H groups in total. The number of carbonyl (C=O) groups is 2. The Morgan fingerprint density at radius 3 is 2.33 bits per heavy atom. The van der Waals surface area contributed by atoms with Gasteiger partial charge in [-0.05, 0) is 23.8 Å². The summed E-state index contributed by atoms with van der Waals surface area (Å²) in [6.07, 6.45) is 0.243. The highest BCUT2D eigenvalue weighted by Gasteiger charge is 2.32.